The lowest BCUT2D eigenvalue weighted by Gasteiger charge is -2.38. The molecule has 0 bridgehead atoms. The summed E-state index contributed by atoms with van der Waals surface area (Å²) in [5.41, 5.74) is 1.77. The van der Waals surface area contributed by atoms with Crippen molar-refractivity contribution < 1.29 is 14.3 Å². The van der Waals surface area contributed by atoms with E-state index in [2.05, 4.69) is 14.7 Å². The molecule has 2 aromatic carbocycles. The molecule has 0 spiro atoms. The molecule has 178 valence electrons. The predicted molar refractivity (Wildman–Crippen MR) is 136 cm³/mol. The van der Waals surface area contributed by atoms with Crippen LogP contribution >= 0.6 is 11.9 Å². The fourth-order valence-corrected chi connectivity index (χ4v) is 5.12. The van der Waals surface area contributed by atoms with Gasteiger partial charge in [0.1, 0.15) is 0 Å². The van der Waals surface area contributed by atoms with Crippen LogP contribution in [0.4, 0.5) is 10.1 Å². The molecule has 1 saturated heterocycles. The van der Waals surface area contributed by atoms with Gasteiger partial charge in [-0.25, -0.2) is 4.98 Å². The molecule has 5 rings (SSSR count). The largest absolute Gasteiger partial charge is 0.389 e. The quantitative estimate of drug-likeness (QED) is 0.291. The number of benzene rings is 2. The van der Waals surface area contributed by atoms with Gasteiger partial charge in [-0.1, -0.05) is 24.3 Å². The molecular weight excluding hydrogens is 463 g/mol. The molecule has 2 aromatic heterocycles. The monoisotopic (exact) mass is 488 g/mol. The van der Waals surface area contributed by atoms with Gasteiger partial charge in [-0.3, -0.25) is 9.78 Å². The van der Waals surface area contributed by atoms with Crippen LogP contribution in [0.5, 0.6) is 0 Å². The van der Waals surface area contributed by atoms with Gasteiger partial charge in [0, 0.05) is 54.1 Å². The first-order chi connectivity index (χ1) is 17.0. The zero-order valence-corrected chi connectivity index (χ0v) is 19.8. The second kappa shape index (κ2) is 10.0. The maximum absolute atomic E-state index is 13.9. The molecule has 1 amide bonds. The summed E-state index contributed by atoms with van der Waals surface area (Å²) in [5.74, 6) is -0.625. The number of hydrogen-bond donors (Lipinski definition) is 2. The van der Waals surface area contributed by atoms with Crippen molar-refractivity contribution >= 4 is 34.4 Å². The Morgan fingerprint density at radius 1 is 1.00 bits per heavy atom. The molecule has 6 nitrogen and oxygen atoms in total. The van der Waals surface area contributed by atoms with E-state index in [-0.39, 0.29) is 12.3 Å². The summed E-state index contributed by atoms with van der Waals surface area (Å²) in [6.45, 7) is 0.836. The predicted octanol–water partition coefficient (Wildman–Crippen LogP) is 5.10. The fourth-order valence-electron chi connectivity index (χ4n) is 4.34. The number of aliphatic hydroxyl groups is 1. The number of fused-ring (bicyclic) bond motifs is 1. The minimum absolute atomic E-state index is 0.0722. The second-order valence-corrected chi connectivity index (χ2v) is 9.61. The second-order valence-electron chi connectivity index (χ2n) is 8.76. The Labute approximate surface area is 207 Å². The van der Waals surface area contributed by atoms with Crippen molar-refractivity contribution in [1.29, 1.82) is 0 Å². The molecule has 3 heterocycles. The summed E-state index contributed by atoms with van der Waals surface area (Å²) in [6, 6.07) is 20.7. The van der Waals surface area contributed by atoms with E-state index in [1.807, 2.05) is 42.5 Å². The van der Waals surface area contributed by atoms with Gasteiger partial charge >= 0.3 is 0 Å². The molecule has 2 N–H and O–H groups in total. The van der Waals surface area contributed by atoms with Crippen molar-refractivity contribution in [2.24, 2.45) is 0 Å². The minimum atomic E-state index is -1.04. The molecule has 4 aromatic rings. The number of rotatable bonds is 6. The molecule has 1 aliphatic rings. The third kappa shape index (κ3) is 5.28. The summed E-state index contributed by atoms with van der Waals surface area (Å²) < 4.78 is 17.2. The zero-order valence-electron chi connectivity index (χ0n) is 19.0. The van der Waals surface area contributed by atoms with E-state index >= 15 is 0 Å². The molecule has 35 heavy (non-hydrogen) atoms. The van der Waals surface area contributed by atoms with Crippen LogP contribution < -0.4 is 4.72 Å². The molecule has 0 unspecified atom stereocenters. The number of hydrogen-bond acceptors (Lipinski definition) is 6. The van der Waals surface area contributed by atoms with Gasteiger partial charge in [0.05, 0.1) is 16.0 Å². The van der Waals surface area contributed by atoms with Crippen molar-refractivity contribution in [2.75, 3.05) is 17.8 Å². The Kier molecular flexibility index (Phi) is 6.66. The van der Waals surface area contributed by atoms with Gasteiger partial charge in [0.25, 0.3) is 5.91 Å². The van der Waals surface area contributed by atoms with E-state index in [1.54, 1.807) is 35.4 Å². The standard InChI is InChI=1S/C27H25FN4O2S/c28-25-21(6-3-15-30-25)18-27(34)12-16-32(17-13-27)26(33)20-8-10-22(11-9-20)31-35-23-7-1-4-19-5-2-14-29-24(19)23/h1-11,14-15,31,34H,12-13,16-18H2. The Balaban J connectivity index is 1.18. The first-order valence-corrected chi connectivity index (χ1v) is 12.3. The number of nitrogens with one attached hydrogen (secondary N) is 1. The molecule has 0 atom stereocenters. The SMILES string of the molecule is O=C(c1ccc(NSc2cccc3cccnc23)cc1)N1CCC(O)(Cc2cccnc2F)CC1. The Bertz CT molecular complexity index is 1340. The Hall–Kier alpha value is -3.49. The van der Waals surface area contributed by atoms with Crippen LogP contribution in [0.2, 0.25) is 0 Å². The van der Waals surface area contributed by atoms with Crippen LogP contribution in [0.25, 0.3) is 10.9 Å². The van der Waals surface area contributed by atoms with Crippen LogP contribution in [0.3, 0.4) is 0 Å². The lowest BCUT2D eigenvalue weighted by Crippen LogP contribution is -2.47. The molecule has 0 saturated carbocycles. The first-order valence-electron chi connectivity index (χ1n) is 11.5. The number of halogens is 1. The number of anilines is 1. The number of carbonyl (C=O) groups is 1. The highest BCUT2D eigenvalue weighted by molar-refractivity contribution is 8.00. The van der Waals surface area contributed by atoms with Crippen molar-refractivity contribution in [1.82, 2.24) is 14.9 Å². The number of carbonyl (C=O) groups excluding carboxylic acids is 1. The number of nitrogens with zero attached hydrogens (tertiary/aromatic N) is 3. The van der Waals surface area contributed by atoms with E-state index in [0.29, 0.717) is 37.1 Å². The molecule has 0 aliphatic carbocycles. The van der Waals surface area contributed by atoms with E-state index < -0.39 is 11.5 Å². The molecule has 1 aliphatic heterocycles. The molecule has 0 radical (unpaired) electrons. The van der Waals surface area contributed by atoms with Crippen molar-refractivity contribution in [3.05, 3.63) is 96.2 Å². The number of amides is 1. The smallest absolute Gasteiger partial charge is 0.253 e. The summed E-state index contributed by atoms with van der Waals surface area (Å²) >= 11 is 1.48. The number of likely N-dealkylation sites (tertiary alicyclic amines) is 1. The normalized spacial score (nSPS) is 15.2. The lowest BCUT2D eigenvalue weighted by molar-refractivity contribution is -0.0169. The van der Waals surface area contributed by atoms with Crippen LogP contribution in [0, 0.1) is 5.95 Å². The van der Waals surface area contributed by atoms with E-state index in [4.69, 9.17) is 0 Å². The average molecular weight is 489 g/mol. The molecular formula is C27H25FN4O2S. The van der Waals surface area contributed by atoms with E-state index in [1.165, 1.54) is 18.1 Å². The summed E-state index contributed by atoms with van der Waals surface area (Å²) in [6.07, 6.45) is 4.15. The highest BCUT2D eigenvalue weighted by Gasteiger charge is 2.35. The van der Waals surface area contributed by atoms with E-state index in [0.717, 1.165) is 21.5 Å². The van der Waals surface area contributed by atoms with Crippen molar-refractivity contribution in [3.63, 3.8) is 0 Å². The van der Waals surface area contributed by atoms with Gasteiger partial charge in [0.15, 0.2) is 0 Å². The highest BCUT2D eigenvalue weighted by Crippen LogP contribution is 2.29. The number of pyridine rings is 2. The number of para-hydroxylation sites is 1. The zero-order chi connectivity index (χ0) is 24.3. The van der Waals surface area contributed by atoms with Gasteiger partial charge in [-0.15, -0.1) is 0 Å². The summed E-state index contributed by atoms with van der Waals surface area (Å²) in [4.78, 5) is 23.9. The van der Waals surface area contributed by atoms with Crippen LogP contribution in [-0.2, 0) is 6.42 Å². The topological polar surface area (TPSA) is 78.4 Å². The van der Waals surface area contributed by atoms with E-state index in [9.17, 15) is 14.3 Å². The van der Waals surface area contributed by atoms with Crippen LogP contribution in [0.15, 0.2) is 84.0 Å². The maximum atomic E-state index is 13.9. The lowest BCUT2D eigenvalue weighted by atomic mass is 9.85. The van der Waals surface area contributed by atoms with Gasteiger partial charge in [0.2, 0.25) is 5.95 Å². The minimum Gasteiger partial charge on any atom is -0.389 e. The number of aromatic nitrogens is 2. The molecule has 8 heteroatoms. The average Bonchev–Trinajstić information content (AvgIpc) is 2.89. The first kappa shape index (κ1) is 23.3. The third-order valence-corrected chi connectivity index (χ3v) is 7.23. The Morgan fingerprint density at radius 2 is 1.71 bits per heavy atom. The van der Waals surface area contributed by atoms with Gasteiger partial charge in [-0.2, -0.15) is 4.39 Å². The van der Waals surface area contributed by atoms with Crippen molar-refractivity contribution in [3.8, 4) is 0 Å². The summed E-state index contributed by atoms with van der Waals surface area (Å²) in [5, 5.41) is 12.0. The number of piperidine rings is 1. The summed E-state index contributed by atoms with van der Waals surface area (Å²) in [7, 11) is 0. The Morgan fingerprint density at radius 3 is 2.49 bits per heavy atom. The maximum Gasteiger partial charge on any atom is 0.253 e. The van der Waals surface area contributed by atoms with Gasteiger partial charge in [-0.05, 0) is 67.3 Å². The van der Waals surface area contributed by atoms with Crippen molar-refractivity contribution in [2.45, 2.75) is 29.8 Å². The highest BCUT2D eigenvalue weighted by atomic mass is 32.2. The third-order valence-electron chi connectivity index (χ3n) is 6.34. The van der Waals surface area contributed by atoms with Gasteiger partial charge < -0.3 is 14.7 Å². The van der Waals surface area contributed by atoms with Crippen LogP contribution in [-0.4, -0.2) is 44.6 Å². The van der Waals surface area contributed by atoms with Crippen LogP contribution in [0.1, 0.15) is 28.8 Å². The molecule has 1 fully saturated rings. The fraction of sp³-hybridized carbons (Fsp3) is 0.222.